The first-order valence-corrected chi connectivity index (χ1v) is 8.78. The number of rotatable bonds is 7. The molecule has 2 rings (SSSR count). The zero-order valence-corrected chi connectivity index (χ0v) is 13.6. The molecule has 1 N–H and O–H groups in total. The molecule has 0 spiro atoms. The van der Waals surface area contributed by atoms with Crippen molar-refractivity contribution in [2.75, 3.05) is 13.2 Å². The molecule has 1 atom stereocenters. The molecule has 0 bridgehead atoms. The van der Waals surface area contributed by atoms with Gasteiger partial charge in [-0.15, -0.1) is 0 Å². The molecule has 0 radical (unpaired) electrons. The monoisotopic (exact) mass is 319 g/mol. The summed E-state index contributed by atoms with van der Waals surface area (Å²) in [6.07, 6.45) is 0. The molecular formula is C17H21NO3S. The molecule has 0 aliphatic rings. The van der Waals surface area contributed by atoms with E-state index >= 15 is 0 Å². The van der Waals surface area contributed by atoms with Gasteiger partial charge in [0.05, 0.1) is 11.5 Å². The summed E-state index contributed by atoms with van der Waals surface area (Å²) in [7, 11) is -3.50. The maximum Gasteiger partial charge on any atom is 0.240 e. The van der Waals surface area contributed by atoms with E-state index in [4.69, 9.17) is 4.74 Å². The van der Waals surface area contributed by atoms with Crippen LogP contribution in [-0.4, -0.2) is 21.6 Å². The molecule has 22 heavy (non-hydrogen) atoms. The minimum absolute atomic E-state index is 0.110. The van der Waals surface area contributed by atoms with Gasteiger partial charge in [-0.25, -0.2) is 13.1 Å². The fourth-order valence-electron chi connectivity index (χ4n) is 2.10. The predicted molar refractivity (Wildman–Crippen MR) is 87.7 cm³/mol. The zero-order valence-electron chi connectivity index (χ0n) is 12.8. The van der Waals surface area contributed by atoms with Gasteiger partial charge < -0.3 is 4.74 Å². The smallest absolute Gasteiger partial charge is 0.240 e. The molecule has 2 aromatic carbocycles. The molecule has 5 heteroatoms. The Balaban J connectivity index is 2.01. The van der Waals surface area contributed by atoms with Gasteiger partial charge >= 0.3 is 0 Å². The molecule has 0 aliphatic heterocycles. The SMILES string of the molecule is CCOc1ccc(S(=O)(=O)NC[C@@H](C)c2ccccc2)cc1. The normalized spacial score (nSPS) is 12.8. The third kappa shape index (κ3) is 4.32. The Morgan fingerprint density at radius 2 is 1.68 bits per heavy atom. The van der Waals surface area contributed by atoms with Crippen LogP contribution in [-0.2, 0) is 10.0 Å². The molecule has 0 saturated carbocycles. The van der Waals surface area contributed by atoms with Gasteiger partial charge in [0.25, 0.3) is 0 Å². The second-order valence-corrected chi connectivity index (χ2v) is 6.84. The topological polar surface area (TPSA) is 55.4 Å². The summed E-state index contributed by atoms with van der Waals surface area (Å²) in [5.41, 5.74) is 1.11. The molecule has 0 unspecified atom stereocenters. The van der Waals surface area contributed by atoms with E-state index in [0.29, 0.717) is 18.9 Å². The van der Waals surface area contributed by atoms with Crippen LogP contribution in [0.4, 0.5) is 0 Å². The third-order valence-corrected chi connectivity index (χ3v) is 4.83. The van der Waals surface area contributed by atoms with Crippen molar-refractivity contribution in [1.82, 2.24) is 4.72 Å². The standard InChI is InChI=1S/C17H21NO3S/c1-3-21-16-9-11-17(12-10-16)22(19,20)18-13-14(2)15-7-5-4-6-8-15/h4-12,14,18H,3,13H2,1-2H3/t14-/m1/s1. The molecule has 0 aliphatic carbocycles. The largest absolute Gasteiger partial charge is 0.494 e. The number of hydrogen-bond acceptors (Lipinski definition) is 3. The van der Waals surface area contributed by atoms with Gasteiger partial charge in [-0.3, -0.25) is 0 Å². The highest BCUT2D eigenvalue weighted by Crippen LogP contribution is 2.17. The number of sulfonamides is 1. The summed E-state index contributed by atoms with van der Waals surface area (Å²) in [5, 5.41) is 0. The molecule has 0 amide bonds. The number of hydrogen-bond donors (Lipinski definition) is 1. The van der Waals surface area contributed by atoms with Crippen molar-refractivity contribution >= 4 is 10.0 Å². The molecule has 0 heterocycles. The fourth-order valence-corrected chi connectivity index (χ4v) is 3.23. The molecule has 4 nitrogen and oxygen atoms in total. The van der Waals surface area contributed by atoms with E-state index in [1.165, 1.54) is 0 Å². The Kier molecular flexibility index (Phi) is 5.57. The number of ether oxygens (including phenoxy) is 1. The van der Waals surface area contributed by atoms with Crippen LogP contribution >= 0.6 is 0 Å². The average molecular weight is 319 g/mol. The van der Waals surface area contributed by atoms with Crippen molar-refractivity contribution in [3.8, 4) is 5.75 Å². The van der Waals surface area contributed by atoms with Crippen LogP contribution in [0.5, 0.6) is 5.75 Å². The summed E-state index contributed by atoms with van der Waals surface area (Å²) < 4.78 is 32.5. The first-order chi connectivity index (χ1) is 10.5. The van der Waals surface area contributed by atoms with Crippen LogP contribution in [0, 0.1) is 0 Å². The van der Waals surface area contributed by atoms with E-state index in [1.807, 2.05) is 44.2 Å². The molecular weight excluding hydrogens is 298 g/mol. The lowest BCUT2D eigenvalue weighted by Gasteiger charge is -2.13. The highest BCUT2D eigenvalue weighted by atomic mass is 32.2. The number of nitrogens with one attached hydrogen (secondary N) is 1. The van der Waals surface area contributed by atoms with Crippen LogP contribution in [0.25, 0.3) is 0 Å². The van der Waals surface area contributed by atoms with Gasteiger partial charge in [-0.2, -0.15) is 0 Å². The van der Waals surface area contributed by atoms with E-state index in [9.17, 15) is 8.42 Å². The minimum atomic E-state index is -3.50. The summed E-state index contributed by atoms with van der Waals surface area (Å²) in [6.45, 7) is 4.80. The van der Waals surface area contributed by atoms with E-state index in [-0.39, 0.29) is 10.8 Å². The fraction of sp³-hybridized carbons (Fsp3) is 0.294. The summed E-state index contributed by atoms with van der Waals surface area (Å²) in [6, 6.07) is 16.3. The second-order valence-electron chi connectivity index (χ2n) is 5.07. The van der Waals surface area contributed by atoms with Gasteiger partial charge in [-0.1, -0.05) is 37.3 Å². The van der Waals surface area contributed by atoms with Crippen LogP contribution in [0.1, 0.15) is 25.3 Å². The maximum atomic E-state index is 12.3. The van der Waals surface area contributed by atoms with Crippen molar-refractivity contribution < 1.29 is 13.2 Å². The maximum absolute atomic E-state index is 12.3. The van der Waals surface area contributed by atoms with Crippen molar-refractivity contribution in [2.45, 2.75) is 24.7 Å². The van der Waals surface area contributed by atoms with Gasteiger partial charge in [0, 0.05) is 6.54 Å². The summed E-state index contributed by atoms with van der Waals surface area (Å²) in [4.78, 5) is 0.246. The minimum Gasteiger partial charge on any atom is -0.494 e. The summed E-state index contributed by atoms with van der Waals surface area (Å²) >= 11 is 0. The Labute approximate surface area is 132 Å². The second kappa shape index (κ2) is 7.42. The quantitative estimate of drug-likeness (QED) is 0.853. The highest BCUT2D eigenvalue weighted by Gasteiger charge is 2.15. The van der Waals surface area contributed by atoms with Gasteiger partial charge in [0.2, 0.25) is 10.0 Å². The van der Waals surface area contributed by atoms with E-state index in [0.717, 1.165) is 5.56 Å². The van der Waals surface area contributed by atoms with Crippen LogP contribution < -0.4 is 9.46 Å². The zero-order chi connectivity index (χ0) is 16.0. The van der Waals surface area contributed by atoms with Crippen LogP contribution in [0.15, 0.2) is 59.5 Å². The van der Waals surface area contributed by atoms with Crippen molar-refractivity contribution in [1.29, 1.82) is 0 Å². The first kappa shape index (κ1) is 16.5. The Morgan fingerprint density at radius 1 is 1.05 bits per heavy atom. The van der Waals surface area contributed by atoms with Crippen LogP contribution in [0.3, 0.4) is 0 Å². The van der Waals surface area contributed by atoms with E-state index < -0.39 is 10.0 Å². The molecule has 0 saturated heterocycles. The lowest BCUT2D eigenvalue weighted by molar-refractivity contribution is 0.340. The molecule has 0 aromatic heterocycles. The Bertz CT molecular complexity index is 682. The van der Waals surface area contributed by atoms with Crippen LogP contribution in [0.2, 0.25) is 0 Å². The van der Waals surface area contributed by atoms with Gasteiger partial charge in [0.15, 0.2) is 0 Å². The average Bonchev–Trinajstić information content (AvgIpc) is 2.54. The van der Waals surface area contributed by atoms with Gasteiger partial charge in [-0.05, 0) is 42.7 Å². The summed E-state index contributed by atoms with van der Waals surface area (Å²) in [5.74, 6) is 0.776. The first-order valence-electron chi connectivity index (χ1n) is 7.30. The lowest BCUT2D eigenvalue weighted by Crippen LogP contribution is -2.27. The molecule has 0 fully saturated rings. The lowest BCUT2D eigenvalue weighted by atomic mass is 10.0. The van der Waals surface area contributed by atoms with Gasteiger partial charge in [0.1, 0.15) is 5.75 Å². The third-order valence-electron chi connectivity index (χ3n) is 3.39. The van der Waals surface area contributed by atoms with Crippen molar-refractivity contribution in [3.63, 3.8) is 0 Å². The molecule has 118 valence electrons. The highest BCUT2D eigenvalue weighted by molar-refractivity contribution is 7.89. The van der Waals surface area contributed by atoms with Crippen molar-refractivity contribution in [2.24, 2.45) is 0 Å². The Morgan fingerprint density at radius 3 is 2.27 bits per heavy atom. The van der Waals surface area contributed by atoms with Crippen molar-refractivity contribution in [3.05, 3.63) is 60.2 Å². The Hall–Kier alpha value is -1.85. The van der Waals surface area contributed by atoms with E-state index in [1.54, 1.807) is 24.3 Å². The molecule has 2 aromatic rings. The predicted octanol–water partition coefficient (Wildman–Crippen LogP) is 3.17. The number of benzene rings is 2. The van der Waals surface area contributed by atoms with E-state index in [2.05, 4.69) is 4.72 Å².